The van der Waals surface area contributed by atoms with Crippen LogP contribution in [0.5, 0.6) is 17.2 Å². The second-order valence-electron chi connectivity index (χ2n) is 4.96. The number of benzene rings is 1. The first-order valence-corrected chi connectivity index (χ1v) is 8.68. The van der Waals surface area contributed by atoms with Gasteiger partial charge in [-0.2, -0.15) is 0 Å². The molecule has 1 aliphatic rings. The summed E-state index contributed by atoms with van der Waals surface area (Å²) in [6, 6.07) is 5.26. The molecule has 1 aliphatic heterocycles. The molecular weight excluding hydrogens is 294 g/mol. The predicted molar refractivity (Wildman–Crippen MR) is 79.4 cm³/mol. The van der Waals surface area contributed by atoms with E-state index in [0.717, 1.165) is 6.42 Å². The highest BCUT2D eigenvalue weighted by molar-refractivity contribution is 7.89. The van der Waals surface area contributed by atoms with Crippen molar-refractivity contribution in [1.82, 2.24) is 4.72 Å². The molecule has 1 heterocycles. The van der Waals surface area contributed by atoms with Crippen LogP contribution in [0.3, 0.4) is 0 Å². The lowest BCUT2D eigenvalue weighted by Gasteiger charge is -2.12. The molecule has 2 rings (SSSR count). The minimum atomic E-state index is -3.23. The molecule has 1 atom stereocenters. The lowest BCUT2D eigenvalue weighted by molar-refractivity contribution is 0.173. The van der Waals surface area contributed by atoms with Crippen molar-refractivity contribution in [3.8, 4) is 17.2 Å². The highest BCUT2D eigenvalue weighted by atomic mass is 32.2. The molecule has 1 N–H and O–H groups in total. The van der Waals surface area contributed by atoms with Crippen LogP contribution in [-0.4, -0.2) is 33.6 Å². The zero-order chi connectivity index (χ0) is 15.3. The van der Waals surface area contributed by atoms with Crippen LogP contribution in [-0.2, 0) is 10.0 Å². The molecule has 0 saturated heterocycles. The molecule has 1 unspecified atom stereocenters. The summed E-state index contributed by atoms with van der Waals surface area (Å²) in [7, 11) is -3.23. The molecule has 6 nitrogen and oxygen atoms in total. The van der Waals surface area contributed by atoms with Crippen LogP contribution >= 0.6 is 0 Å². The van der Waals surface area contributed by atoms with Crippen molar-refractivity contribution in [3.05, 3.63) is 18.2 Å². The maximum Gasteiger partial charge on any atom is 0.231 e. The standard InChI is InChI=1S/C14H21NO5S/c1-3-11(2)15-21(16,17)8-4-7-18-12-5-6-13-14(9-12)20-10-19-13/h5-6,9,11,15H,3-4,7-8,10H2,1-2H3. The molecule has 1 aromatic rings. The van der Waals surface area contributed by atoms with Crippen LogP contribution < -0.4 is 18.9 Å². The predicted octanol–water partition coefficient (Wildman–Crippen LogP) is 1.90. The first kappa shape index (κ1) is 15.9. The first-order chi connectivity index (χ1) is 10.00. The normalized spacial score (nSPS) is 15.0. The summed E-state index contributed by atoms with van der Waals surface area (Å²) in [6.07, 6.45) is 1.20. The van der Waals surface area contributed by atoms with E-state index in [1.54, 1.807) is 18.2 Å². The van der Waals surface area contributed by atoms with Crippen molar-refractivity contribution in [3.63, 3.8) is 0 Å². The van der Waals surface area contributed by atoms with Crippen molar-refractivity contribution in [2.24, 2.45) is 0 Å². The van der Waals surface area contributed by atoms with Crippen LogP contribution in [0.1, 0.15) is 26.7 Å². The summed E-state index contributed by atoms with van der Waals surface area (Å²) in [4.78, 5) is 0. The van der Waals surface area contributed by atoms with Crippen LogP contribution in [0.25, 0.3) is 0 Å². The van der Waals surface area contributed by atoms with Crippen molar-refractivity contribution in [1.29, 1.82) is 0 Å². The van der Waals surface area contributed by atoms with Crippen LogP contribution in [0.4, 0.5) is 0 Å². The molecule has 0 aromatic heterocycles. The van der Waals surface area contributed by atoms with Gasteiger partial charge in [-0.3, -0.25) is 0 Å². The summed E-state index contributed by atoms with van der Waals surface area (Å²) in [6.45, 7) is 4.34. The molecular formula is C14H21NO5S. The van der Waals surface area contributed by atoms with Crippen molar-refractivity contribution in [2.75, 3.05) is 19.2 Å². The largest absolute Gasteiger partial charge is 0.493 e. The van der Waals surface area contributed by atoms with Crippen molar-refractivity contribution < 1.29 is 22.6 Å². The van der Waals surface area contributed by atoms with Gasteiger partial charge in [0.25, 0.3) is 0 Å². The third-order valence-corrected chi connectivity index (χ3v) is 4.75. The fourth-order valence-electron chi connectivity index (χ4n) is 1.85. The Kier molecular flexibility index (Phi) is 5.30. The van der Waals surface area contributed by atoms with Gasteiger partial charge < -0.3 is 14.2 Å². The van der Waals surface area contributed by atoms with Gasteiger partial charge in [-0.05, 0) is 31.9 Å². The molecule has 0 amide bonds. The average Bonchev–Trinajstić information content (AvgIpc) is 2.90. The second-order valence-corrected chi connectivity index (χ2v) is 6.84. The Morgan fingerprint density at radius 2 is 2.10 bits per heavy atom. The Labute approximate surface area is 125 Å². The Morgan fingerprint density at radius 1 is 1.33 bits per heavy atom. The second kappa shape index (κ2) is 7.00. The van der Waals surface area contributed by atoms with Crippen LogP contribution in [0.15, 0.2) is 18.2 Å². The van der Waals surface area contributed by atoms with E-state index in [1.165, 1.54) is 0 Å². The van der Waals surface area contributed by atoms with E-state index in [-0.39, 0.29) is 18.6 Å². The monoisotopic (exact) mass is 315 g/mol. The molecule has 7 heteroatoms. The maximum absolute atomic E-state index is 11.8. The molecule has 0 bridgehead atoms. The van der Waals surface area contributed by atoms with Crippen molar-refractivity contribution >= 4 is 10.0 Å². The number of hydrogen-bond donors (Lipinski definition) is 1. The average molecular weight is 315 g/mol. The van der Waals surface area contributed by atoms with E-state index in [9.17, 15) is 8.42 Å². The highest BCUT2D eigenvalue weighted by Crippen LogP contribution is 2.35. The minimum absolute atomic E-state index is 0.0372. The SMILES string of the molecule is CCC(C)NS(=O)(=O)CCCOc1ccc2c(c1)OCO2. The summed E-state index contributed by atoms with van der Waals surface area (Å²) < 4.78 is 42.1. The van der Waals surface area contributed by atoms with E-state index >= 15 is 0 Å². The summed E-state index contributed by atoms with van der Waals surface area (Å²) in [5.74, 6) is 2.05. The van der Waals surface area contributed by atoms with Crippen LogP contribution in [0, 0.1) is 0 Å². The van der Waals surface area contributed by atoms with E-state index in [1.807, 2.05) is 13.8 Å². The molecule has 118 valence electrons. The molecule has 1 aromatic carbocycles. The van der Waals surface area contributed by atoms with Crippen LogP contribution in [0.2, 0.25) is 0 Å². The van der Waals surface area contributed by atoms with E-state index in [2.05, 4.69) is 4.72 Å². The number of ether oxygens (including phenoxy) is 3. The Bertz CT molecular complexity index is 573. The van der Waals surface area contributed by atoms with Gasteiger partial charge in [-0.25, -0.2) is 13.1 Å². The van der Waals surface area contributed by atoms with Gasteiger partial charge in [0.05, 0.1) is 12.4 Å². The van der Waals surface area contributed by atoms with E-state index in [0.29, 0.717) is 30.3 Å². The molecule has 21 heavy (non-hydrogen) atoms. The van der Waals surface area contributed by atoms with Crippen molar-refractivity contribution in [2.45, 2.75) is 32.7 Å². The van der Waals surface area contributed by atoms with Gasteiger partial charge in [0.2, 0.25) is 16.8 Å². The minimum Gasteiger partial charge on any atom is -0.493 e. The zero-order valence-corrected chi connectivity index (χ0v) is 13.1. The summed E-state index contributed by atoms with van der Waals surface area (Å²) in [5.41, 5.74) is 0. The topological polar surface area (TPSA) is 73.9 Å². The van der Waals surface area contributed by atoms with E-state index in [4.69, 9.17) is 14.2 Å². The number of rotatable bonds is 8. The van der Waals surface area contributed by atoms with Gasteiger partial charge in [0.15, 0.2) is 11.5 Å². The molecule has 0 fully saturated rings. The molecule has 0 radical (unpaired) electrons. The zero-order valence-electron chi connectivity index (χ0n) is 12.3. The lowest BCUT2D eigenvalue weighted by atomic mass is 10.3. The molecule has 0 spiro atoms. The fraction of sp³-hybridized carbons (Fsp3) is 0.571. The third kappa shape index (κ3) is 4.78. The number of sulfonamides is 1. The van der Waals surface area contributed by atoms with Gasteiger partial charge >= 0.3 is 0 Å². The number of fused-ring (bicyclic) bond motifs is 1. The number of hydrogen-bond acceptors (Lipinski definition) is 5. The Balaban J connectivity index is 1.75. The first-order valence-electron chi connectivity index (χ1n) is 7.02. The molecule has 0 saturated carbocycles. The smallest absolute Gasteiger partial charge is 0.231 e. The summed E-state index contributed by atoms with van der Waals surface area (Å²) >= 11 is 0. The Morgan fingerprint density at radius 3 is 2.86 bits per heavy atom. The third-order valence-electron chi connectivity index (χ3n) is 3.16. The molecule has 0 aliphatic carbocycles. The lowest BCUT2D eigenvalue weighted by Crippen LogP contribution is -2.34. The highest BCUT2D eigenvalue weighted by Gasteiger charge is 2.15. The number of nitrogens with one attached hydrogen (secondary N) is 1. The van der Waals surface area contributed by atoms with E-state index < -0.39 is 10.0 Å². The van der Waals surface area contributed by atoms with Gasteiger partial charge in [0, 0.05) is 12.1 Å². The van der Waals surface area contributed by atoms with Gasteiger partial charge in [-0.15, -0.1) is 0 Å². The van der Waals surface area contributed by atoms with Gasteiger partial charge in [0.1, 0.15) is 5.75 Å². The Hall–Kier alpha value is -1.47. The quantitative estimate of drug-likeness (QED) is 0.742. The maximum atomic E-state index is 11.8. The van der Waals surface area contributed by atoms with Gasteiger partial charge in [-0.1, -0.05) is 6.92 Å². The summed E-state index contributed by atoms with van der Waals surface area (Å²) in [5, 5.41) is 0. The fourth-order valence-corrected chi connectivity index (χ4v) is 3.25.